The van der Waals surface area contributed by atoms with Crippen LogP contribution in [0.5, 0.6) is 0 Å². The molecular formula is C12H24N2. The number of nitrogens with two attached hydrogens (primary N) is 1. The molecule has 0 heterocycles. The molecule has 0 spiro atoms. The summed E-state index contributed by atoms with van der Waals surface area (Å²) in [5.41, 5.74) is 6.08. The van der Waals surface area contributed by atoms with Gasteiger partial charge in [0.1, 0.15) is 0 Å². The lowest BCUT2D eigenvalue weighted by Crippen LogP contribution is -2.41. The van der Waals surface area contributed by atoms with Crippen molar-refractivity contribution in [3.05, 3.63) is 0 Å². The Morgan fingerprint density at radius 2 is 2.07 bits per heavy atom. The molecule has 0 aliphatic rings. The molecule has 2 atom stereocenters. The second-order valence-electron chi connectivity index (χ2n) is 3.99. The lowest BCUT2D eigenvalue weighted by molar-refractivity contribution is 0.255. The molecule has 0 rings (SSSR count). The van der Waals surface area contributed by atoms with Gasteiger partial charge in [0.2, 0.25) is 0 Å². The molecule has 14 heavy (non-hydrogen) atoms. The SMILES string of the molecule is C#CCN(CCC)CC(N)C(C)CC. The van der Waals surface area contributed by atoms with Gasteiger partial charge in [0.05, 0.1) is 6.54 Å². The summed E-state index contributed by atoms with van der Waals surface area (Å²) in [6, 6.07) is 0.250. The average Bonchev–Trinajstić information content (AvgIpc) is 2.17. The van der Waals surface area contributed by atoms with Crippen LogP contribution in [0.25, 0.3) is 0 Å². The first-order chi connectivity index (χ1) is 6.65. The molecule has 0 aromatic rings. The summed E-state index contributed by atoms with van der Waals surface area (Å²) in [5, 5.41) is 0. The van der Waals surface area contributed by atoms with Gasteiger partial charge in [-0.05, 0) is 18.9 Å². The van der Waals surface area contributed by atoms with E-state index in [-0.39, 0.29) is 6.04 Å². The summed E-state index contributed by atoms with van der Waals surface area (Å²) >= 11 is 0. The molecule has 0 fully saturated rings. The van der Waals surface area contributed by atoms with Gasteiger partial charge in [0, 0.05) is 12.6 Å². The third-order valence-corrected chi connectivity index (χ3v) is 2.70. The van der Waals surface area contributed by atoms with E-state index < -0.39 is 0 Å². The van der Waals surface area contributed by atoms with Gasteiger partial charge < -0.3 is 5.73 Å². The largest absolute Gasteiger partial charge is 0.326 e. The first-order valence-electron chi connectivity index (χ1n) is 5.57. The van der Waals surface area contributed by atoms with E-state index >= 15 is 0 Å². The standard InChI is InChI=1S/C12H24N2/c1-5-8-14(9-6-2)10-12(13)11(4)7-3/h1,11-12H,6-10,13H2,2-4H3. The van der Waals surface area contributed by atoms with Crippen molar-refractivity contribution in [2.75, 3.05) is 19.6 Å². The Hall–Kier alpha value is -0.520. The molecule has 0 aromatic carbocycles. The van der Waals surface area contributed by atoms with E-state index in [2.05, 4.69) is 31.6 Å². The Labute approximate surface area is 88.9 Å². The molecule has 82 valence electrons. The Kier molecular flexibility index (Phi) is 7.55. The molecule has 2 unspecified atom stereocenters. The van der Waals surface area contributed by atoms with Gasteiger partial charge in [-0.3, -0.25) is 4.90 Å². The molecule has 0 amide bonds. The molecule has 0 aliphatic carbocycles. The maximum atomic E-state index is 6.08. The molecule has 0 bridgehead atoms. The zero-order valence-corrected chi connectivity index (χ0v) is 9.79. The van der Waals surface area contributed by atoms with Crippen molar-refractivity contribution in [1.29, 1.82) is 0 Å². The predicted octanol–water partition coefficient (Wildman–Crippen LogP) is 1.70. The van der Waals surface area contributed by atoms with E-state index in [0.717, 1.165) is 32.5 Å². The van der Waals surface area contributed by atoms with E-state index in [1.165, 1.54) is 0 Å². The van der Waals surface area contributed by atoms with E-state index in [4.69, 9.17) is 12.2 Å². The highest BCUT2D eigenvalue weighted by atomic mass is 15.1. The molecular weight excluding hydrogens is 172 g/mol. The maximum absolute atomic E-state index is 6.08. The molecule has 0 aliphatic heterocycles. The minimum atomic E-state index is 0.250. The zero-order chi connectivity index (χ0) is 11.0. The molecule has 0 saturated heterocycles. The van der Waals surface area contributed by atoms with Crippen molar-refractivity contribution < 1.29 is 0 Å². The second kappa shape index (κ2) is 7.84. The first kappa shape index (κ1) is 13.5. The quantitative estimate of drug-likeness (QED) is 0.628. The molecule has 2 nitrogen and oxygen atoms in total. The third kappa shape index (κ3) is 5.26. The van der Waals surface area contributed by atoms with Crippen LogP contribution in [0.3, 0.4) is 0 Å². The van der Waals surface area contributed by atoms with Crippen molar-refractivity contribution in [3.63, 3.8) is 0 Å². The van der Waals surface area contributed by atoms with E-state index in [9.17, 15) is 0 Å². The number of hydrogen-bond donors (Lipinski definition) is 1. The van der Waals surface area contributed by atoms with Crippen LogP contribution in [0.15, 0.2) is 0 Å². The number of nitrogens with zero attached hydrogens (tertiary/aromatic N) is 1. The van der Waals surface area contributed by atoms with Crippen molar-refractivity contribution in [2.45, 2.75) is 39.7 Å². The van der Waals surface area contributed by atoms with Crippen molar-refractivity contribution >= 4 is 0 Å². The van der Waals surface area contributed by atoms with E-state index in [0.29, 0.717) is 5.92 Å². The third-order valence-electron chi connectivity index (χ3n) is 2.70. The lowest BCUT2D eigenvalue weighted by Gasteiger charge is -2.26. The monoisotopic (exact) mass is 196 g/mol. The van der Waals surface area contributed by atoms with Gasteiger partial charge in [0.25, 0.3) is 0 Å². The van der Waals surface area contributed by atoms with Gasteiger partial charge >= 0.3 is 0 Å². The van der Waals surface area contributed by atoms with Crippen LogP contribution in [0, 0.1) is 18.3 Å². The first-order valence-corrected chi connectivity index (χ1v) is 5.57. The van der Waals surface area contributed by atoms with Crippen LogP contribution < -0.4 is 5.73 Å². The molecule has 0 aromatic heterocycles. The van der Waals surface area contributed by atoms with Crippen molar-refractivity contribution in [2.24, 2.45) is 11.7 Å². The van der Waals surface area contributed by atoms with E-state index in [1.54, 1.807) is 0 Å². The fourth-order valence-corrected chi connectivity index (χ4v) is 1.46. The number of rotatable bonds is 7. The van der Waals surface area contributed by atoms with Crippen LogP contribution >= 0.6 is 0 Å². The van der Waals surface area contributed by atoms with Gasteiger partial charge in [-0.1, -0.05) is 33.1 Å². The number of hydrogen-bond acceptors (Lipinski definition) is 2. The smallest absolute Gasteiger partial charge is 0.0599 e. The summed E-state index contributed by atoms with van der Waals surface area (Å²) in [4.78, 5) is 2.26. The van der Waals surface area contributed by atoms with Crippen LogP contribution in [-0.4, -0.2) is 30.6 Å². The van der Waals surface area contributed by atoms with Crippen LogP contribution in [0.2, 0.25) is 0 Å². The Bertz CT molecular complexity index is 172. The van der Waals surface area contributed by atoms with Gasteiger partial charge in [-0.2, -0.15) is 0 Å². The second-order valence-corrected chi connectivity index (χ2v) is 3.99. The van der Waals surface area contributed by atoms with Gasteiger partial charge in [0.15, 0.2) is 0 Å². The van der Waals surface area contributed by atoms with E-state index in [1.807, 2.05) is 0 Å². The molecule has 2 heteroatoms. The van der Waals surface area contributed by atoms with Gasteiger partial charge in [-0.25, -0.2) is 0 Å². The van der Waals surface area contributed by atoms with Crippen LogP contribution in [0.1, 0.15) is 33.6 Å². The molecule has 2 N–H and O–H groups in total. The summed E-state index contributed by atoms with van der Waals surface area (Å²) in [5.74, 6) is 3.26. The summed E-state index contributed by atoms with van der Waals surface area (Å²) < 4.78 is 0. The zero-order valence-electron chi connectivity index (χ0n) is 9.79. The molecule has 0 saturated carbocycles. The normalized spacial score (nSPS) is 15.1. The summed E-state index contributed by atoms with van der Waals surface area (Å²) in [6.07, 6.45) is 7.58. The van der Waals surface area contributed by atoms with Crippen LogP contribution in [-0.2, 0) is 0 Å². The highest BCUT2D eigenvalue weighted by molar-refractivity contribution is 4.89. The molecule has 0 radical (unpaired) electrons. The van der Waals surface area contributed by atoms with Crippen molar-refractivity contribution in [1.82, 2.24) is 4.90 Å². The minimum absolute atomic E-state index is 0.250. The Morgan fingerprint density at radius 3 is 2.50 bits per heavy atom. The fourth-order valence-electron chi connectivity index (χ4n) is 1.46. The highest BCUT2D eigenvalue weighted by Gasteiger charge is 2.14. The highest BCUT2D eigenvalue weighted by Crippen LogP contribution is 2.07. The predicted molar refractivity (Wildman–Crippen MR) is 63.0 cm³/mol. The minimum Gasteiger partial charge on any atom is -0.326 e. The maximum Gasteiger partial charge on any atom is 0.0599 e. The lowest BCUT2D eigenvalue weighted by atomic mass is 9.99. The summed E-state index contributed by atoms with van der Waals surface area (Å²) in [6.45, 7) is 9.23. The topological polar surface area (TPSA) is 29.3 Å². The van der Waals surface area contributed by atoms with Gasteiger partial charge in [-0.15, -0.1) is 6.42 Å². The van der Waals surface area contributed by atoms with Crippen molar-refractivity contribution in [3.8, 4) is 12.3 Å². The van der Waals surface area contributed by atoms with Crippen LogP contribution in [0.4, 0.5) is 0 Å². The Morgan fingerprint density at radius 1 is 1.43 bits per heavy atom. The Balaban J connectivity index is 3.95. The average molecular weight is 196 g/mol. The number of terminal acetylenes is 1. The summed E-state index contributed by atoms with van der Waals surface area (Å²) in [7, 11) is 0. The fraction of sp³-hybridized carbons (Fsp3) is 0.833.